The second kappa shape index (κ2) is 5.37. The maximum absolute atomic E-state index is 13.0. The summed E-state index contributed by atoms with van der Waals surface area (Å²) < 4.78 is 22.6. The Labute approximate surface area is 101 Å². The molecule has 0 spiro atoms. The number of carbonyl (C=O) groups is 1. The van der Waals surface area contributed by atoms with E-state index in [9.17, 15) is 9.18 Å². The van der Waals surface area contributed by atoms with E-state index >= 15 is 0 Å². The molecule has 0 aliphatic heterocycles. The zero-order valence-electron chi connectivity index (χ0n) is 9.17. The molecular weight excluding hydrogens is 243 g/mol. The Morgan fingerprint density at radius 2 is 2.33 bits per heavy atom. The summed E-state index contributed by atoms with van der Waals surface area (Å²) in [6.07, 6.45) is 0. The first-order valence-electron chi connectivity index (χ1n) is 5.03. The van der Waals surface area contributed by atoms with Crippen molar-refractivity contribution < 1.29 is 23.6 Å². The number of carboxylic acid groups (broad SMARTS) is 1. The van der Waals surface area contributed by atoms with Gasteiger partial charge in [-0.05, 0) is 12.1 Å². The van der Waals surface area contributed by atoms with Crippen LogP contribution in [-0.4, -0.2) is 27.8 Å². The lowest BCUT2D eigenvalue weighted by Crippen LogP contribution is -2.06. The van der Waals surface area contributed by atoms with Crippen molar-refractivity contribution in [2.24, 2.45) is 0 Å². The van der Waals surface area contributed by atoms with Crippen molar-refractivity contribution in [1.29, 1.82) is 0 Å². The van der Waals surface area contributed by atoms with Crippen LogP contribution in [0.4, 0.5) is 4.39 Å². The summed E-state index contributed by atoms with van der Waals surface area (Å²) >= 11 is 0. The summed E-state index contributed by atoms with van der Waals surface area (Å²) in [4.78, 5) is 14.2. The van der Waals surface area contributed by atoms with E-state index in [1.165, 1.54) is 18.2 Å². The third kappa shape index (κ3) is 3.11. The Morgan fingerprint density at radius 3 is 3.06 bits per heavy atom. The van der Waals surface area contributed by atoms with Crippen molar-refractivity contribution in [2.45, 2.75) is 6.61 Å². The van der Waals surface area contributed by atoms with E-state index in [0.717, 1.165) is 0 Å². The average Bonchev–Trinajstić information content (AvgIpc) is 2.77. The van der Waals surface area contributed by atoms with Gasteiger partial charge in [-0.15, -0.1) is 0 Å². The molecule has 0 unspecified atom stereocenters. The van der Waals surface area contributed by atoms with Crippen molar-refractivity contribution in [3.8, 4) is 11.4 Å². The highest BCUT2D eigenvalue weighted by Gasteiger charge is 2.09. The van der Waals surface area contributed by atoms with E-state index in [2.05, 4.69) is 10.1 Å². The number of aromatic nitrogens is 2. The van der Waals surface area contributed by atoms with Crippen LogP contribution in [0.2, 0.25) is 0 Å². The molecule has 6 nitrogen and oxygen atoms in total. The van der Waals surface area contributed by atoms with Crippen molar-refractivity contribution in [3.05, 3.63) is 36.0 Å². The van der Waals surface area contributed by atoms with Gasteiger partial charge >= 0.3 is 5.97 Å². The molecule has 0 atom stereocenters. The van der Waals surface area contributed by atoms with Crippen LogP contribution >= 0.6 is 0 Å². The fourth-order valence-corrected chi connectivity index (χ4v) is 1.28. The third-order valence-electron chi connectivity index (χ3n) is 2.00. The van der Waals surface area contributed by atoms with Crippen molar-refractivity contribution >= 4 is 5.97 Å². The molecule has 1 aromatic carbocycles. The van der Waals surface area contributed by atoms with Crippen LogP contribution in [0.1, 0.15) is 5.89 Å². The van der Waals surface area contributed by atoms with Crippen LogP contribution in [0.5, 0.6) is 0 Å². The SMILES string of the molecule is O=C(O)COCc1nc(-c2cccc(F)c2)no1. The monoisotopic (exact) mass is 252 g/mol. The quantitative estimate of drug-likeness (QED) is 0.867. The molecule has 2 aromatic rings. The highest BCUT2D eigenvalue weighted by Crippen LogP contribution is 2.16. The molecule has 1 N–H and O–H groups in total. The van der Waals surface area contributed by atoms with Gasteiger partial charge in [0.1, 0.15) is 19.0 Å². The summed E-state index contributed by atoms with van der Waals surface area (Å²) in [7, 11) is 0. The van der Waals surface area contributed by atoms with Crippen LogP contribution < -0.4 is 0 Å². The van der Waals surface area contributed by atoms with Crippen LogP contribution in [0.15, 0.2) is 28.8 Å². The number of aliphatic carboxylic acids is 1. The molecule has 0 saturated heterocycles. The van der Waals surface area contributed by atoms with Gasteiger partial charge in [-0.1, -0.05) is 17.3 Å². The summed E-state index contributed by atoms with van der Waals surface area (Å²) in [5, 5.41) is 12.0. The van der Waals surface area contributed by atoms with Crippen molar-refractivity contribution in [2.75, 3.05) is 6.61 Å². The van der Waals surface area contributed by atoms with E-state index in [0.29, 0.717) is 5.56 Å². The van der Waals surface area contributed by atoms with E-state index < -0.39 is 18.4 Å². The number of rotatable bonds is 5. The van der Waals surface area contributed by atoms with E-state index in [1.807, 2.05) is 0 Å². The predicted octanol–water partition coefficient (Wildman–Crippen LogP) is 1.48. The Morgan fingerprint density at radius 1 is 1.50 bits per heavy atom. The van der Waals surface area contributed by atoms with Gasteiger partial charge in [0.2, 0.25) is 5.82 Å². The number of nitrogens with zero attached hydrogens (tertiary/aromatic N) is 2. The number of hydrogen-bond acceptors (Lipinski definition) is 5. The van der Waals surface area contributed by atoms with E-state index in [-0.39, 0.29) is 18.3 Å². The number of ether oxygens (including phenoxy) is 1. The van der Waals surface area contributed by atoms with Crippen molar-refractivity contribution in [1.82, 2.24) is 10.1 Å². The van der Waals surface area contributed by atoms with E-state index in [1.54, 1.807) is 6.07 Å². The molecule has 0 amide bonds. The van der Waals surface area contributed by atoms with Crippen LogP contribution in [0.25, 0.3) is 11.4 Å². The molecule has 1 aromatic heterocycles. The maximum atomic E-state index is 13.0. The van der Waals surface area contributed by atoms with Gasteiger partial charge in [-0.2, -0.15) is 4.98 Å². The van der Waals surface area contributed by atoms with Gasteiger partial charge in [0, 0.05) is 5.56 Å². The number of halogens is 1. The minimum atomic E-state index is -1.08. The Hall–Kier alpha value is -2.28. The molecule has 2 rings (SSSR count). The smallest absolute Gasteiger partial charge is 0.329 e. The molecule has 0 bridgehead atoms. The van der Waals surface area contributed by atoms with Gasteiger partial charge < -0.3 is 14.4 Å². The van der Waals surface area contributed by atoms with Gasteiger partial charge in [-0.3, -0.25) is 0 Å². The first-order chi connectivity index (χ1) is 8.65. The maximum Gasteiger partial charge on any atom is 0.329 e. The Balaban J connectivity index is 2.04. The number of carboxylic acids is 1. The fraction of sp³-hybridized carbons (Fsp3) is 0.182. The number of benzene rings is 1. The molecule has 0 saturated carbocycles. The number of hydrogen-bond donors (Lipinski definition) is 1. The molecule has 7 heteroatoms. The Kier molecular flexibility index (Phi) is 3.63. The molecule has 94 valence electrons. The van der Waals surface area contributed by atoms with Crippen LogP contribution in [0.3, 0.4) is 0 Å². The van der Waals surface area contributed by atoms with Crippen LogP contribution in [0, 0.1) is 5.82 Å². The molecule has 0 fully saturated rings. The minimum absolute atomic E-state index is 0.103. The third-order valence-corrected chi connectivity index (χ3v) is 2.00. The lowest BCUT2D eigenvalue weighted by atomic mass is 10.2. The molecular formula is C11H9FN2O4. The normalized spacial score (nSPS) is 10.5. The lowest BCUT2D eigenvalue weighted by molar-refractivity contribution is -0.142. The minimum Gasteiger partial charge on any atom is -0.480 e. The topological polar surface area (TPSA) is 85.5 Å². The summed E-state index contributed by atoms with van der Waals surface area (Å²) in [6.45, 7) is -0.549. The summed E-state index contributed by atoms with van der Waals surface area (Å²) in [6, 6.07) is 5.74. The Bertz CT molecular complexity index is 555. The highest BCUT2D eigenvalue weighted by molar-refractivity contribution is 5.67. The molecule has 0 aliphatic rings. The van der Waals surface area contributed by atoms with Gasteiger partial charge in [0.05, 0.1) is 0 Å². The van der Waals surface area contributed by atoms with Gasteiger partial charge in [0.15, 0.2) is 0 Å². The molecule has 0 radical (unpaired) electrons. The summed E-state index contributed by atoms with van der Waals surface area (Å²) in [5.74, 6) is -1.13. The predicted molar refractivity (Wildman–Crippen MR) is 57.0 cm³/mol. The standard InChI is InChI=1S/C11H9FN2O4/c12-8-3-1-2-7(4-8)11-13-9(18-14-11)5-17-6-10(15)16/h1-4H,5-6H2,(H,15,16). The summed E-state index contributed by atoms with van der Waals surface area (Å²) in [5.41, 5.74) is 0.475. The van der Waals surface area contributed by atoms with Crippen LogP contribution in [-0.2, 0) is 16.1 Å². The zero-order chi connectivity index (χ0) is 13.0. The molecule has 18 heavy (non-hydrogen) atoms. The largest absolute Gasteiger partial charge is 0.480 e. The van der Waals surface area contributed by atoms with Crippen molar-refractivity contribution in [3.63, 3.8) is 0 Å². The van der Waals surface area contributed by atoms with Gasteiger partial charge in [0.25, 0.3) is 5.89 Å². The fourth-order valence-electron chi connectivity index (χ4n) is 1.28. The van der Waals surface area contributed by atoms with E-state index in [4.69, 9.17) is 14.4 Å². The lowest BCUT2D eigenvalue weighted by Gasteiger charge is -1.94. The first kappa shape index (κ1) is 12.2. The van der Waals surface area contributed by atoms with Gasteiger partial charge in [-0.25, -0.2) is 9.18 Å². The first-order valence-corrected chi connectivity index (χ1v) is 5.03. The highest BCUT2D eigenvalue weighted by atomic mass is 19.1. The average molecular weight is 252 g/mol. The second-order valence-corrected chi connectivity index (χ2v) is 3.41. The molecule has 0 aliphatic carbocycles. The second-order valence-electron chi connectivity index (χ2n) is 3.41. The zero-order valence-corrected chi connectivity index (χ0v) is 9.17. The molecule has 1 heterocycles.